The van der Waals surface area contributed by atoms with E-state index in [2.05, 4.69) is 4.99 Å². The third kappa shape index (κ3) is 3.68. The molecule has 3 rings (SSSR count). The lowest BCUT2D eigenvalue weighted by Gasteiger charge is -2.13. The van der Waals surface area contributed by atoms with Gasteiger partial charge in [-0.25, -0.2) is 4.79 Å². The molecule has 0 fully saturated rings. The molecule has 2 aromatic heterocycles. The lowest BCUT2D eigenvalue weighted by Crippen LogP contribution is -2.27. The summed E-state index contributed by atoms with van der Waals surface area (Å²) < 4.78 is 8.34. The minimum absolute atomic E-state index is 0.297. The minimum atomic E-state index is -0.588. The van der Waals surface area contributed by atoms with E-state index >= 15 is 0 Å². The molecule has 0 aliphatic carbocycles. The summed E-state index contributed by atoms with van der Waals surface area (Å²) in [4.78, 5) is 29.8. The van der Waals surface area contributed by atoms with Gasteiger partial charge in [0.2, 0.25) is 0 Å². The van der Waals surface area contributed by atoms with Gasteiger partial charge in [0.25, 0.3) is 5.91 Å². The lowest BCUT2D eigenvalue weighted by molar-refractivity contribution is -0.146. The molecule has 8 heteroatoms. The fourth-order valence-electron chi connectivity index (χ4n) is 2.38. The molecule has 5 nitrogen and oxygen atoms in total. The molecule has 1 atom stereocenters. The molecular weight excluding hydrogens is 380 g/mol. The molecule has 3 aromatic rings. The van der Waals surface area contributed by atoms with Crippen LogP contribution >= 0.6 is 34.3 Å². The van der Waals surface area contributed by atoms with Crippen LogP contribution in [0.1, 0.15) is 29.6 Å². The van der Waals surface area contributed by atoms with Crippen molar-refractivity contribution in [3.05, 3.63) is 50.4 Å². The fourth-order valence-corrected chi connectivity index (χ4v) is 4.41. The van der Waals surface area contributed by atoms with Gasteiger partial charge in [0.05, 0.1) is 26.0 Å². The Kier molecular flexibility index (Phi) is 5.36. The Hall–Kier alpha value is -1.96. The summed E-state index contributed by atoms with van der Waals surface area (Å²) in [6, 6.07) is 10.3. The van der Waals surface area contributed by atoms with Crippen LogP contribution in [0.4, 0.5) is 0 Å². The van der Waals surface area contributed by atoms with E-state index in [-0.39, 0.29) is 11.9 Å². The molecule has 0 radical (unpaired) electrons. The second-order valence-electron chi connectivity index (χ2n) is 5.17. The number of para-hydroxylation sites is 1. The van der Waals surface area contributed by atoms with Gasteiger partial charge in [-0.05, 0) is 38.1 Å². The van der Waals surface area contributed by atoms with E-state index in [0.29, 0.717) is 20.6 Å². The Morgan fingerprint density at radius 3 is 2.68 bits per heavy atom. The van der Waals surface area contributed by atoms with Crippen molar-refractivity contribution in [2.24, 2.45) is 4.99 Å². The predicted molar refractivity (Wildman–Crippen MR) is 100 cm³/mol. The Balaban J connectivity index is 2.14. The first-order valence-electron chi connectivity index (χ1n) is 7.62. The van der Waals surface area contributed by atoms with Crippen molar-refractivity contribution in [3.63, 3.8) is 0 Å². The summed E-state index contributed by atoms with van der Waals surface area (Å²) in [5.41, 5.74) is 0.837. The molecule has 1 unspecified atom stereocenters. The SMILES string of the molecule is CCOC(=O)C(C)n1c(=NC(=O)c2ccc(Cl)s2)sc2ccccc21. The molecule has 25 heavy (non-hydrogen) atoms. The maximum Gasteiger partial charge on any atom is 0.328 e. The first-order valence-corrected chi connectivity index (χ1v) is 9.63. The van der Waals surface area contributed by atoms with Crippen LogP contribution in [0.25, 0.3) is 10.2 Å². The lowest BCUT2D eigenvalue weighted by atomic mass is 10.3. The van der Waals surface area contributed by atoms with Crippen molar-refractivity contribution < 1.29 is 14.3 Å². The summed E-state index contributed by atoms with van der Waals surface area (Å²) in [5.74, 6) is -0.743. The second kappa shape index (κ2) is 7.51. The summed E-state index contributed by atoms with van der Waals surface area (Å²) in [6.45, 7) is 3.80. The van der Waals surface area contributed by atoms with E-state index < -0.39 is 6.04 Å². The molecule has 0 aliphatic heterocycles. The van der Waals surface area contributed by atoms with Gasteiger partial charge in [-0.2, -0.15) is 4.99 Å². The molecule has 2 heterocycles. The van der Waals surface area contributed by atoms with Crippen molar-refractivity contribution in [1.82, 2.24) is 4.57 Å². The number of benzene rings is 1. The normalized spacial score (nSPS) is 13.2. The molecule has 130 valence electrons. The summed E-state index contributed by atoms with van der Waals surface area (Å²) in [5, 5.41) is 0. The zero-order valence-electron chi connectivity index (χ0n) is 13.6. The van der Waals surface area contributed by atoms with Gasteiger partial charge in [-0.3, -0.25) is 4.79 Å². The second-order valence-corrected chi connectivity index (χ2v) is 7.90. The Labute approximate surface area is 157 Å². The zero-order chi connectivity index (χ0) is 18.0. The highest BCUT2D eigenvalue weighted by Gasteiger charge is 2.21. The van der Waals surface area contributed by atoms with Crippen molar-refractivity contribution in [3.8, 4) is 0 Å². The van der Waals surface area contributed by atoms with Gasteiger partial charge in [-0.15, -0.1) is 11.3 Å². The maximum atomic E-state index is 12.4. The van der Waals surface area contributed by atoms with E-state index in [1.807, 2.05) is 24.3 Å². The van der Waals surface area contributed by atoms with Crippen molar-refractivity contribution in [2.45, 2.75) is 19.9 Å². The summed E-state index contributed by atoms with van der Waals surface area (Å²) >= 11 is 8.42. The number of aromatic nitrogens is 1. The fraction of sp³-hybridized carbons (Fsp3) is 0.235. The van der Waals surface area contributed by atoms with Crippen molar-refractivity contribution >= 4 is 56.4 Å². The number of thiophene rings is 1. The molecular formula is C17H15ClN2O3S2. The predicted octanol–water partition coefficient (Wildman–Crippen LogP) is 4.28. The molecule has 0 spiro atoms. The molecule has 0 saturated heterocycles. The third-order valence-corrected chi connectivity index (χ3v) is 5.78. The van der Waals surface area contributed by atoms with Crippen LogP contribution in [0.15, 0.2) is 41.4 Å². The molecule has 1 aromatic carbocycles. The number of halogens is 1. The number of hydrogen-bond acceptors (Lipinski definition) is 5. The van der Waals surface area contributed by atoms with Crippen LogP contribution in [-0.2, 0) is 9.53 Å². The van der Waals surface area contributed by atoms with Crippen LogP contribution in [0.3, 0.4) is 0 Å². The smallest absolute Gasteiger partial charge is 0.328 e. The number of carbonyl (C=O) groups is 2. The van der Waals surface area contributed by atoms with Gasteiger partial charge in [0.15, 0.2) is 4.80 Å². The van der Waals surface area contributed by atoms with Gasteiger partial charge in [0, 0.05) is 0 Å². The van der Waals surface area contributed by atoms with Crippen LogP contribution in [0, 0.1) is 0 Å². The topological polar surface area (TPSA) is 60.7 Å². The Morgan fingerprint density at radius 2 is 2.00 bits per heavy atom. The van der Waals surface area contributed by atoms with E-state index in [1.165, 1.54) is 22.7 Å². The van der Waals surface area contributed by atoms with E-state index in [0.717, 1.165) is 10.2 Å². The number of hydrogen-bond donors (Lipinski definition) is 0. The van der Waals surface area contributed by atoms with Crippen LogP contribution < -0.4 is 4.80 Å². The number of fused-ring (bicyclic) bond motifs is 1. The van der Waals surface area contributed by atoms with Gasteiger partial charge in [0.1, 0.15) is 6.04 Å². The largest absolute Gasteiger partial charge is 0.464 e. The number of esters is 1. The van der Waals surface area contributed by atoms with E-state index in [9.17, 15) is 9.59 Å². The maximum absolute atomic E-state index is 12.4. The average molecular weight is 395 g/mol. The number of nitrogens with zero attached hydrogens (tertiary/aromatic N) is 2. The molecule has 0 saturated carbocycles. The standard InChI is InChI=1S/C17H15ClN2O3S2/c1-3-23-16(22)10(2)20-11-6-4-5-7-12(11)25-17(20)19-15(21)13-8-9-14(18)24-13/h4-10H,3H2,1-2H3. The van der Waals surface area contributed by atoms with Crippen molar-refractivity contribution in [1.29, 1.82) is 0 Å². The monoisotopic (exact) mass is 394 g/mol. The number of amides is 1. The molecule has 0 aliphatic rings. The number of thiazole rings is 1. The average Bonchev–Trinajstić information content (AvgIpc) is 3.17. The molecule has 0 N–H and O–H groups in total. The molecule has 0 bridgehead atoms. The third-order valence-electron chi connectivity index (χ3n) is 3.53. The minimum Gasteiger partial charge on any atom is -0.464 e. The quantitative estimate of drug-likeness (QED) is 0.620. The summed E-state index contributed by atoms with van der Waals surface area (Å²) in [6.07, 6.45) is 0. The van der Waals surface area contributed by atoms with Crippen LogP contribution in [0.2, 0.25) is 4.34 Å². The van der Waals surface area contributed by atoms with E-state index in [1.54, 1.807) is 30.5 Å². The van der Waals surface area contributed by atoms with Crippen LogP contribution in [-0.4, -0.2) is 23.1 Å². The Morgan fingerprint density at radius 1 is 1.24 bits per heavy atom. The first kappa shape index (κ1) is 17.8. The highest BCUT2D eigenvalue weighted by atomic mass is 35.5. The number of rotatable bonds is 4. The first-order chi connectivity index (χ1) is 12.0. The summed E-state index contributed by atoms with van der Waals surface area (Å²) in [7, 11) is 0. The van der Waals surface area contributed by atoms with Gasteiger partial charge in [-0.1, -0.05) is 35.1 Å². The molecule has 1 amide bonds. The van der Waals surface area contributed by atoms with Gasteiger partial charge >= 0.3 is 5.97 Å². The van der Waals surface area contributed by atoms with Crippen molar-refractivity contribution in [2.75, 3.05) is 6.61 Å². The number of ether oxygens (including phenoxy) is 1. The highest BCUT2D eigenvalue weighted by Crippen LogP contribution is 2.23. The highest BCUT2D eigenvalue weighted by molar-refractivity contribution is 7.18. The number of carbonyl (C=O) groups excluding carboxylic acids is 2. The van der Waals surface area contributed by atoms with Crippen LogP contribution in [0.5, 0.6) is 0 Å². The van der Waals surface area contributed by atoms with E-state index in [4.69, 9.17) is 16.3 Å². The zero-order valence-corrected chi connectivity index (χ0v) is 16.0. The van der Waals surface area contributed by atoms with Gasteiger partial charge < -0.3 is 9.30 Å². The Bertz CT molecular complexity index is 1000.